The van der Waals surface area contributed by atoms with Gasteiger partial charge in [0.25, 0.3) is 0 Å². The molecule has 11 nitrogen and oxygen atoms in total. The van der Waals surface area contributed by atoms with E-state index in [4.69, 9.17) is 5.10 Å². The number of nitrogens with zero attached hydrogens (tertiary/aromatic N) is 6. The van der Waals surface area contributed by atoms with Crippen molar-refractivity contribution in [3.8, 4) is 0 Å². The molecule has 194 valence electrons. The van der Waals surface area contributed by atoms with Crippen LogP contribution in [-0.4, -0.2) is 75.0 Å². The zero-order valence-electron chi connectivity index (χ0n) is 20.5. The van der Waals surface area contributed by atoms with E-state index < -0.39 is 28.7 Å². The Labute approximate surface area is 215 Å². The fraction of sp³-hybridized carbons (Fsp3) is 0.269. The maximum Gasteiger partial charge on any atom is 0.341 e. The standard InChI is InChI=1S/C26H23FN6O5/c1-2-30-13-18(26(37)38)21(34)16-12-19(27)24(28-22(16)30)31-7-9-33(10-8-31)14-32-20-6-4-3-5-15(20)11-17(25(35)36)23(32)29-33/h3-6,11-13H,2,7-10,14H2,1H3,(H-,35,36,37,38)/p+1. The number of piperazine rings is 1. The number of fused-ring (bicyclic) bond motifs is 4. The highest BCUT2D eigenvalue weighted by atomic mass is 19.1. The van der Waals surface area contributed by atoms with Crippen LogP contribution in [0.1, 0.15) is 22.8 Å². The van der Waals surface area contributed by atoms with Gasteiger partial charge < -0.3 is 19.7 Å². The van der Waals surface area contributed by atoms with Gasteiger partial charge in [0.2, 0.25) is 11.3 Å². The van der Waals surface area contributed by atoms with Gasteiger partial charge in [-0.25, -0.2) is 19.0 Å². The molecule has 1 saturated heterocycles. The minimum Gasteiger partial charge on any atom is -0.478 e. The molecule has 1 spiro atoms. The number of pyridine rings is 2. The van der Waals surface area contributed by atoms with Crippen LogP contribution < -0.4 is 15.2 Å². The van der Waals surface area contributed by atoms with Crippen molar-refractivity contribution >= 4 is 46.4 Å². The Morgan fingerprint density at radius 1 is 1.13 bits per heavy atom. The number of anilines is 2. The number of benzene rings is 1. The smallest absolute Gasteiger partial charge is 0.341 e. The summed E-state index contributed by atoms with van der Waals surface area (Å²) in [5.74, 6) is -2.62. The second kappa shape index (κ2) is 8.48. The second-order valence-electron chi connectivity index (χ2n) is 9.57. The first kappa shape index (κ1) is 23.8. The molecule has 0 aliphatic carbocycles. The van der Waals surface area contributed by atoms with Crippen LogP contribution in [0.4, 0.5) is 15.9 Å². The van der Waals surface area contributed by atoms with Gasteiger partial charge in [0, 0.05) is 12.7 Å². The predicted octanol–water partition coefficient (Wildman–Crippen LogP) is 2.16. The Morgan fingerprint density at radius 2 is 1.87 bits per heavy atom. The molecule has 0 bridgehead atoms. The lowest BCUT2D eigenvalue weighted by Gasteiger charge is -2.38. The molecule has 0 unspecified atom stereocenters. The highest BCUT2D eigenvalue weighted by Gasteiger charge is 2.47. The van der Waals surface area contributed by atoms with Crippen LogP contribution in [0.15, 0.2) is 52.0 Å². The number of carbonyl (C=O) groups is 2. The van der Waals surface area contributed by atoms with Crippen LogP contribution in [0, 0.1) is 5.82 Å². The summed E-state index contributed by atoms with van der Waals surface area (Å²) in [6, 6.07) is 8.64. The van der Waals surface area contributed by atoms with E-state index in [-0.39, 0.29) is 27.0 Å². The van der Waals surface area contributed by atoms with E-state index in [1.54, 1.807) is 17.9 Å². The van der Waals surface area contributed by atoms with E-state index >= 15 is 4.39 Å². The average molecular weight is 520 g/mol. The summed E-state index contributed by atoms with van der Waals surface area (Å²) in [4.78, 5) is 44.3. The van der Waals surface area contributed by atoms with Gasteiger partial charge in [0.1, 0.15) is 29.9 Å². The van der Waals surface area contributed by atoms with Gasteiger partial charge in [-0.15, -0.1) is 0 Å². The molecule has 3 aliphatic rings. The molecule has 38 heavy (non-hydrogen) atoms. The average Bonchev–Trinajstić information content (AvgIpc) is 3.27. The highest BCUT2D eigenvalue weighted by Crippen LogP contribution is 2.37. The number of hydrogen-bond acceptors (Lipinski definition) is 7. The van der Waals surface area contributed by atoms with Gasteiger partial charge in [-0.1, -0.05) is 23.3 Å². The molecule has 3 aliphatic heterocycles. The number of rotatable bonds is 4. The predicted molar refractivity (Wildman–Crippen MR) is 138 cm³/mol. The van der Waals surface area contributed by atoms with E-state index in [1.165, 1.54) is 10.8 Å². The molecule has 1 fully saturated rings. The van der Waals surface area contributed by atoms with Crippen molar-refractivity contribution in [3.63, 3.8) is 0 Å². The number of aromatic nitrogens is 2. The van der Waals surface area contributed by atoms with Crippen LogP contribution >= 0.6 is 0 Å². The maximum absolute atomic E-state index is 15.3. The van der Waals surface area contributed by atoms with Gasteiger partial charge in [0.15, 0.2) is 18.3 Å². The lowest BCUT2D eigenvalue weighted by molar-refractivity contribution is -0.929. The third-order valence-corrected chi connectivity index (χ3v) is 7.39. The Hall–Kier alpha value is -4.58. The SMILES string of the molecule is CCn1cc(C(=O)O)c(=O)c2cc(F)c(N3CC[N+]4(CC3)CN3C(=N4)C(C(=O)O)=Cc4ccccc43)nc21. The largest absolute Gasteiger partial charge is 0.478 e. The van der Waals surface area contributed by atoms with Crippen LogP contribution in [-0.2, 0) is 11.3 Å². The first-order valence-corrected chi connectivity index (χ1v) is 12.2. The summed E-state index contributed by atoms with van der Waals surface area (Å²) in [6.07, 6.45) is 2.88. The van der Waals surface area contributed by atoms with Crippen LogP contribution in [0.3, 0.4) is 0 Å². The molecule has 6 rings (SSSR count). The lowest BCUT2D eigenvalue weighted by Crippen LogP contribution is -2.57. The number of halogens is 1. The van der Waals surface area contributed by atoms with E-state index in [9.17, 15) is 24.6 Å². The molecular formula is C26H24FN6O5+. The third-order valence-electron chi connectivity index (χ3n) is 7.39. The topological polar surface area (TPSA) is 128 Å². The molecular weight excluding hydrogens is 495 g/mol. The molecule has 2 N–H and O–H groups in total. The monoisotopic (exact) mass is 519 g/mol. The Balaban J connectivity index is 1.32. The van der Waals surface area contributed by atoms with Crippen molar-refractivity contribution in [1.29, 1.82) is 0 Å². The normalized spacial score (nSPS) is 17.7. The molecule has 12 heteroatoms. The number of aryl methyl sites for hydroxylation is 1. The summed E-state index contributed by atoms with van der Waals surface area (Å²) in [5, 5.41) is 24.0. The quantitative estimate of drug-likeness (QED) is 0.502. The van der Waals surface area contributed by atoms with E-state index in [1.807, 2.05) is 29.2 Å². The summed E-state index contributed by atoms with van der Waals surface area (Å²) >= 11 is 0. The van der Waals surface area contributed by atoms with Crippen LogP contribution in [0.5, 0.6) is 0 Å². The van der Waals surface area contributed by atoms with Crippen molar-refractivity contribution in [2.75, 3.05) is 42.6 Å². The first-order chi connectivity index (χ1) is 18.2. The number of carboxylic acids is 2. The number of carboxylic acid groups (broad SMARTS) is 2. The Bertz CT molecular complexity index is 1650. The van der Waals surface area contributed by atoms with Crippen molar-refractivity contribution < 1.29 is 28.8 Å². The maximum atomic E-state index is 15.3. The van der Waals surface area contributed by atoms with Crippen molar-refractivity contribution in [1.82, 2.24) is 9.55 Å². The summed E-state index contributed by atoms with van der Waals surface area (Å²) in [6.45, 7) is 4.39. The number of aliphatic carboxylic acids is 1. The molecule has 5 heterocycles. The minimum atomic E-state index is -1.37. The van der Waals surface area contributed by atoms with E-state index in [0.29, 0.717) is 45.2 Å². The van der Waals surface area contributed by atoms with Crippen molar-refractivity contribution in [2.45, 2.75) is 13.5 Å². The highest BCUT2D eigenvalue weighted by molar-refractivity contribution is 6.29. The zero-order valence-corrected chi connectivity index (χ0v) is 20.5. The lowest BCUT2D eigenvalue weighted by atomic mass is 10.0. The van der Waals surface area contributed by atoms with Crippen molar-refractivity contribution in [3.05, 3.63) is 69.3 Å². The molecule has 3 aromatic rings. The van der Waals surface area contributed by atoms with Crippen LogP contribution in [0.2, 0.25) is 0 Å². The fourth-order valence-corrected chi connectivity index (χ4v) is 5.42. The van der Waals surface area contributed by atoms with Gasteiger partial charge >= 0.3 is 11.9 Å². The Kier molecular flexibility index (Phi) is 5.31. The minimum absolute atomic E-state index is 0.0806. The molecule has 0 amide bonds. The summed E-state index contributed by atoms with van der Waals surface area (Å²) in [5.41, 5.74) is 0.873. The number of aromatic carboxylic acids is 1. The molecule has 0 saturated carbocycles. The second-order valence-corrected chi connectivity index (χ2v) is 9.57. The number of para-hydroxylation sites is 1. The Morgan fingerprint density at radius 3 is 2.55 bits per heavy atom. The van der Waals surface area contributed by atoms with Crippen molar-refractivity contribution in [2.24, 2.45) is 5.10 Å². The van der Waals surface area contributed by atoms with Crippen LogP contribution in [0.25, 0.3) is 17.1 Å². The molecule has 1 aromatic carbocycles. The molecule has 0 atom stereocenters. The van der Waals surface area contributed by atoms with Gasteiger partial charge in [0.05, 0.1) is 24.2 Å². The number of quaternary nitrogens is 1. The van der Waals surface area contributed by atoms with Gasteiger partial charge in [-0.3, -0.25) is 9.69 Å². The van der Waals surface area contributed by atoms with E-state index in [0.717, 1.165) is 17.3 Å². The van der Waals surface area contributed by atoms with E-state index in [2.05, 4.69) is 4.98 Å². The number of hydrogen-bond donors (Lipinski definition) is 2. The molecule has 2 aromatic heterocycles. The van der Waals surface area contributed by atoms with Gasteiger partial charge in [-0.2, -0.15) is 4.59 Å². The third kappa shape index (κ3) is 3.56. The fourth-order valence-electron chi connectivity index (χ4n) is 5.42. The number of amidine groups is 1. The summed E-state index contributed by atoms with van der Waals surface area (Å²) in [7, 11) is 0. The summed E-state index contributed by atoms with van der Waals surface area (Å²) < 4.78 is 17.1. The van der Waals surface area contributed by atoms with Gasteiger partial charge in [-0.05, 0) is 30.7 Å². The zero-order chi connectivity index (χ0) is 26.8. The first-order valence-electron chi connectivity index (χ1n) is 12.2. The molecule has 0 radical (unpaired) electrons.